The standard InChI is InChI=1S/C15H16ClN3O4/c1-8(2)19-14(22)13(21)18(15(19)23)7-12(20)17-11-5-4-9(3)6-10(11)16/h4-6,8H,7H2,1-3H3,(H,17,20). The Morgan fingerprint density at radius 1 is 1.22 bits per heavy atom. The van der Waals surface area contributed by atoms with Gasteiger partial charge in [0.1, 0.15) is 6.54 Å². The fourth-order valence-corrected chi connectivity index (χ4v) is 2.45. The number of imide groups is 2. The number of carbonyl (C=O) groups excluding carboxylic acids is 4. The lowest BCUT2D eigenvalue weighted by atomic mass is 10.2. The fourth-order valence-electron chi connectivity index (χ4n) is 2.17. The Bertz CT molecular complexity index is 702. The van der Waals surface area contributed by atoms with Crippen molar-refractivity contribution in [1.29, 1.82) is 0 Å². The molecule has 7 nitrogen and oxygen atoms in total. The maximum atomic E-state index is 12.1. The molecule has 0 bridgehead atoms. The van der Waals surface area contributed by atoms with E-state index in [4.69, 9.17) is 11.6 Å². The molecule has 0 spiro atoms. The molecule has 1 saturated heterocycles. The summed E-state index contributed by atoms with van der Waals surface area (Å²) in [5, 5.41) is 2.86. The molecule has 1 aliphatic heterocycles. The van der Waals surface area contributed by atoms with E-state index in [2.05, 4.69) is 5.32 Å². The third-order valence-corrected chi connectivity index (χ3v) is 3.61. The van der Waals surface area contributed by atoms with E-state index in [-0.39, 0.29) is 0 Å². The molecule has 1 aromatic rings. The molecule has 0 aromatic heterocycles. The van der Waals surface area contributed by atoms with Crippen LogP contribution in [0.2, 0.25) is 5.02 Å². The SMILES string of the molecule is Cc1ccc(NC(=O)CN2C(=O)C(=O)N(C(C)C)C2=O)c(Cl)c1. The van der Waals surface area contributed by atoms with Crippen molar-refractivity contribution in [2.45, 2.75) is 26.8 Å². The molecule has 0 atom stereocenters. The molecule has 0 saturated carbocycles. The number of amides is 5. The lowest BCUT2D eigenvalue weighted by molar-refractivity contribution is -0.144. The Morgan fingerprint density at radius 3 is 2.39 bits per heavy atom. The van der Waals surface area contributed by atoms with Gasteiger partial charge in [-0.05, 0) is 38.5 Å². The van der Waals surface area contributed by atoms with Crippen molar-refractivity contribution in [3.05, 3.63) is 28.8 Å². The van der Waals surface area contributed by atoms with Gasteiger partial charge in [0.2, 0.25) is 5.91 Å². The maximum absolute atomic E-state index is 12.1. The zero-order valence-corrected chi connectivity index (χ0v) is 13.7. The number of anilines is 1. The Hall–Kier alpha value is -2.41. The Morgan fingerprint density at radius 2 is 1.87 bits per heavy atom. The van der Waals surface area contributed by atoms with Gasteiger partial charge in [-0.3, -0.25) is 19.3 Å². The van der Waals surface area contributed by atoms with Crippen LogP contribution in [0.1, 0.15) is 19.4 Å². The minimum Gasteiger partial charge on any atom is -0.323 e. The first-order valence-electron chi connectivity index (χ1n) is 6.97. The predicted molar refractivity (Wildman–Crippen MR) is 83.9 cm³/mol. The quantitative estimate of drug-likeness (QED) is 0.670. The van der Waals surface area contributed by atoms with Crippen LogP contribution >= 0.6 is 11.6 Å². The third-order valence-electron chi connectivity index (χ3n) is 3.30. The minimum absolute atomic E-state index is 0.345. The van der Waals surface area contributed by atoms with E-state index in [1.54, 1.807) is 32.0 Å². The van der Waals surface area contributed by atoms with E-state index >= 15 is 0 Å². The second-order valence-electron chi connectivity index (χ2n) is 5.47. The highest BCUT2D eigenvalue weighted by Gasteiger charge is 2.46. The van der Waals surface area contributed by atoms with Crippen molar-refractivity contribution in [3.63, 3.8) is 0 Å². The highest BCUT2D eigenvalue weighted by molar-refractivity contribution is 6.45. The van der Waals surface area contributed by atoms with Crippen LogP contribution in [-0.4, -0.2) is 46.1 Å². The van der Waals surface area contributed by atoms with Gasteiger partial charge >= 0.3 is 17.8 Å². The van der Waals surface area contributed by atoms with Gasteiger partial charge in [0.05, 0.1) is 10.7 Å². The van der Waals surface area contributed by atoms with Gasteiger partial charge in [0, 0.05) is 6.04 Å². The summed E-state index contributed by atoms with van der Waals surface area (Å²) in [5.41, 5.74) is 1.30. The molecule has 0 unspecified atom stereocenters. The van der Waals surface area contributed by atoms with E-state index in [1.807, 2.05) is 6.92 Å². The van der Waals surface area contributed by atoms with Crippen LogP contribution in [0, 0.1) is 6.92 Å². The molecule has 1 aromatic carbocycles. The van der Waals surface area contributed by atoms with E-state index < -0.39 is 36.3 Å². The van der Waals surface area contributed by atoms with Gasteiger partial charge in [-0.25, -0.2) is 9.69 Å². The van der Waals surface area contributed by atoms with Crippen LogP contribution in [0.15, 0.2) is 18.2 Å². The molecule has 1 aliphatic rings. The molecule has 1 N–H and O–H groups in total. The first-order chi connectivity index (χ1) is 10.7. The average Bonchev–Trinajstić information content (AvgIpc) is 2.66. The second-order valence-corrected chi connectivity index (χ2v) is 5.88. The van der Waals surface area contributed by atoms with Crippen LogP contribution in [0.3, 0.4) is 0 Å². The first kappa shape index (κ1) is 17.0. The summed E-state index contributed by atoms with van der Waals surface area (Å²) in [4.78, 5) is 49.2. The summed E-state index contributed by atoms with van der Waals surface area (Å²) in [6, 6.07) is 3.80. The first-order valence-corrected chi connectivity index (χ1v) is 7.35. The average molecular weight is 338 g/mol. The number of nitrogens with one attached hydrogen (secondary N) is 1. The van der Waals surface area contributed by atoms with Crippen LogP contribution < -0.4 is 5.32 Å². The molecular weight excluding hydrogens is 322 g/mol. The number of urea groups is 1. The number of aryl methyl sites for hydroxylation is 1. The van der Waals surface area contributed by atoms with Crippen molar-refractivity contribution in [2.75, 3.05) is 11.9 Å². The van der Waals surface area contributed by atoms with E-state index in [1.165, 1.54) is 0 Å². The van der Waals surface area contributed by atoms with Crippen LogP contribution in [0.25, 0.3) is 0 Å². The summed E-state index contributed by atoms with van der Waals surface area (Å²) in [7, 11) is 0. The minimum atomic E-state index is -1.01. The summed E-state index contributed by atoms with van der Waals surface area (Å²) < 4.78 is 0. The molecule has 1 heterocycles. The topological polar surface area (TPSA) is 86.8 Å². The lowest BCUT2D eigenvalue weighted by Crippen LogP contribution is -2.40. The van der Waals surface area contributed by atoms with Gasteiger partial charge in [-0.1, -0.05) is 17.7 Å². The Kier molecular flexibility index (Phi) is 4.70. The molecule has 0 aliphatic carbocycles. The Balaban J connectivity index is 2.10. The number of benzene rings is 1. The second kappa shape index (κ2) is 6.37. The van der Waals surface area contributed by atoms with Gasteiger partial charge in [0.25, 0.3) is 0 Å². The van der Waals surface area contributed by atoms with Gasteiger partial charge in [-0.2, -0.15) is 0 Å². The zero-order chi connectivity index (χ0) is 17.3. The molecule has 8 heteroatoms. The smallest absolute Gasteiger partial charge is 0.323 e. The largest absolute Gasteiger partial charge is 0.334 e. The van der Waals surface area contributed by atoms with Crippen molar-refractivity contribution >= 4 is 41.0 Å². The van der Waals surface area contributed by atoms with Crippen LogP contribution in [0.4, 0.5) is 10.5 Å². The molecule has 1 fully saturated rings. The monoisotopic (exact) mass is 337 g/mol. The molecule has 0 radical (unpaired) electrons. The number of rotatable bonds is 4. The zero-order valence-electron chi connectivity index (χ0n) is 12.9. The molecular formula is C15H16ClN3O4. The Labute approximate surface area is 138 Å². The van der Waals surface area contributed by atoms with Crippen molar-refractivity contribution in [1.82, 2.24) is 9.80 Å². The summed E-state index contributed by atoms with van der Waals surface area (Å²) in [6.45, 7) is 4.53. The van der Waals surface area contributed by atoms with Crippen LogP contribution in [-0.2, 0) is 14.4 Å². The molecule has 23 heavy (non-hydrogen) atoms. The lowest BCUT2D eigenvalue weighted by Gasteiger charge is -2.18. The van der Waals surface area contributed by atoms with Crippen molar-refractivity contribution in [3.8, 4) is 0 Å². The normalized spacial score (nSPS) is 14.9. The van der Waals surface area contributed by atoms with Gasteiger partial charge in [0.15, 0.2) is 0 Å². The van der Waals surface area contributed by atoms with E-state index in [0.29, 0.717) is 15.6 Å². The van der Waals surface area contributed by atoms with Crippen LogP contribution in [0.5, 0.6) is 0 Å². The molecule has 5 amide bonds. The number of nitrogens with zero attached hydrogens (tertiary/aromatic N) is 2. The fraction of sp³-hybridized carbons (Fsp3) is 0.333. The summed E-state index contributed by atoms with van der Waals surface area (Å²) in [5.74, 6) is -2.55. The number of carbonyl (C=O) groups is 4. The van der Waals surface area contributed by atoms with E-state index in [0.717, 1.165) is 10.5 Å². The highest BCUT2D eigenvalue weighted by Crippen LogP contribution is 2.23. The maximum Gasteiger partial charge on any atom is 0.334 e. The number of hydrogen-bond donors (Lipinski definition) is 1. The van der Waals surface area contributed by atoms with Gasteiger partial charge < -0.3 is 5.32 Å². The van der Waals surface area contributed by atoms with Crippen molar-refractivity contribution < 1.29 is 19.2 Å². The predicted octanol–water partition coefficient (Wildman–Crippen LogP) is 1.79. The van der Waals surface area contributed by atoms with E-state index in [9.17, 15) is 19.2 Å². The third kappa shape index (κ3) is 3.34. The summed E-state index contributed by atoms with van der Waals surface area (Å²) >= 11 is 6.01. The summed E-state index contributed by atoms with van der Waals surface area (Å²) in [6.07, 6.45) is 0. The van der Waals surface area contributed by atoms with Crippen molar-refractivity contribution in [2.24, 2.45) is 0 Å². The van der Waals surface area contributed by atoms with Gasteiger partial charge in [-0.15, -0.1) is 0 Å². The molecule has 122 valence electrons. The molecule has 2 rings (SSSR count). The number of halogens is 1. The number of hydrogen-bond acceptors (Lipinski definition) is 4. The highest BCUT2D eigenvalue weighted by atomic mass is 35.5.